The highest BCUT2D eigenvalue weighted by Crippen LogP contribution is 2.38. The number of benzene rings is 2. The van der Waals surface area contributed by atoms with Crippen molar-refractivity contribution in [2.75, 3.05) is 26.4 Å². The number of carbonyl (C=O) groups is 2. The van der Waals surface area contributed by atoms with Crippen LogP contribution in [0.4, 0.5) is 13.2 Å². The van der Waals surface area contributed by atoms with Gasteiger partial charge in [-0.3, -0.25) is 9.59 Å². The van der Waals surface area contributed by atoms with Gasteiger partial charge in [-0.25, -0.2) is 0 Å². The fraction of sp³-hybridized carbons (Fsp3) is 0.417. The van der Waals surface area contributed by atoms with E-state index in [0.29, 0.717) is 35.1 Å². The highest BCUT2D eigenvalue weighted by molar-refractivity contribution is 5.96. The van der Waals surface area contributed by atoms with E-state index in [1.807, 2.05) is 0 Å². The lowest BCUT2D eigenvalue weighted by Crippen LogP contribution is -2.36. The van der Waals surface area contributed by atoms with Gasteiger partial charge in [0.2, 0.25) is 12.7 Å². The van der Waals surface area contributed by atoms with Crippen LogP contribution in [0.5, 0.6) is 11.5 Å². The molecule has 0 bridgehead atoms. The highest BCUT2D eigenvalue weighted by Gasteiger charge is 2.42. The van der Waals surface area contributed by atoms with Gasteiger partial charge in [-0.15, -0.1) is 0 Å². The van der Waals surface area contributed by atoms with E-state index in [1.165, 1.54) is 11.0 Å². The molecule has 0 aromatic heterocycles. The number of nitrogens with zero attached hydrogens (tertiary/aromatic N) is 1. The largest absolute Gasteiger partial charge is 0.454 e. The lowest BCUT2D eigenvalue weighted by atomic mass is 9.87. The summed E-state index contributed by atoms with van der Waals surface area (Å²) in [6.45, 7) is 0.916. The van der Waals surface area contributed by atoms with Crippen LogP contribution in [0.3, 0.4) is 0 Å². The first kappa shape index (κ1) is 21.6. The lowest BCUT2D eigenvalue weighted by molar-refractivity contribution is -0.137. The molecule has 6 nitrogen and oxygen atoms in total. The van der Waals surface area contributed by atoms with Crippen molar-refractivity contribution in [3.8, 4) is 11.5 Å². The Hall–Kier alpha value is -3.23. The minimum absolute atomic E-state index is 0.0809. The monoisotopic (exact) mass is 460 g/mol. The van der Waals surface area contributed by atoms with E-state index in [9.17, 15) is 22.8 Å². The Kier molecular flexibility index (Phi) is 5.42. The number of likely N-dealkylation sites (tertiary alicyclic amines) is 1. The van der Waals surface area contributed by atoms with Gasteiger partial charge in [0.1, 0.15) is 0 Å². The van der Waals surface area contributed by atoms with Crippen molar-refractivity contribution < 1.29 is 32.2 Å². The van der Waals surface area contributed by atoms with Crippen molar-refractivity contribution in [2.45, 2.75) is 24.9 Å². The highest BCUT2D eigenvalue weighted by atomic mass is 19.4. The summed E-state index contributed by atoms with van der Waals surface area (Å²) in [7, 11) is 0. The molecule has 5 rings (SSSR count). The predicted octanol–water partition coefficient (Wildman–Crippen LogP) is 3.82. The first-order valence-electron chi connectivity index (χ1n) is 10.9. The fourth-order valence-corrected chi connectivity index (χ4v) is 4.43. The number of amides is 2. The van der Waals surface area contributed by atoms with Crippen LogP contribution in [0.15, 0.2) is 42.5 Å². The Morgan fingerprint density at radius 3 is 2.58 bits per heavy atom. The molecule has 2 fully saturated rings. The molecule has 0 spiro atoms. The van der Waals surface area contributed by atoms with Gasteiger partial charge >= 0.3 is 6.18 Å². The third-order valence-electron chi connectivity index (χ3n) is 6.47. The molecular formula is C24H23F3N2O4. The SMILES string of the molecule is O=C(NCC1CC1)C1CN(C(=O)c2ccc3c(c2)OCO3)CC1c1cccc(C(F)(F)F)c1. The number of carbonyl (C=O) groups excluding carboxylic acids is 2. The van der Waals surface area contributed by atoms with Gasteiger partial charge in [0, 0.05) is 31.1 Å². The van der Waals surface area contributed by atoms with Crippen LogP contribution in [-0.4, -0.2) is 43.1 Å². The zero-order valence-electron chi connectivity index (χ0n) is 17.7. The molecule has 174 valence electrons. The molecule has 0 radical (unpaired) electrons. The van der Waals surface area contributed by atoms with Gasteiger partial charge in [0.05, 0.1) is 11.5 Å². The van der Waals surface area contributed by atoms with Gasteiger partial charge in [-0.2, -0.15) is 13.2 Å². The van der Waals surface area contributed by atoms with E-state index in [2.05, 4.69) is 5.32 Å². The zero-order chi connectivity index (χ0) is 23.2. The standard InChI is InChI=1S/C24H23F3N2O4/c25-24(26,27)17-3-1-2-15(8-17)18-11-29(12-19(18)22(30)28-10-14-4-5-14)23(31)16-6-7-20-21(9-16)33-13-32-20/h1-3,6-9,14,18-19H,4-5,10-13H2,(H,28,30). The molecule has 2 amide bonds. The minimum atomic E-state index is -4.49. The Bertz CT molecular complexity index is 1080. The number of alkyl halides is 3. The van der Waals surface area contributed by atoms with Gasteiger partial charge in [0.15, 0.2) is 11.5 Å². The van der Waals surface area contributed by atoms with Crippen molar-refractivity contribution in [3.63, 3.8) is 0 Å². The molecule has 1 saturated carbocycles. The maximum atomic E-state index is 13.3. The molecule has 2 unspecified atom stereocenters. The number of halogens is 3. The summed E-state index contributed by atoms with van der Waals surface area (Å²) in [4.78, 5) is 27.7. The van der Waals surface area contributed by atoms with Crippen LogP contribution in [0.2, 0.25) is 0 Å². The topological polar surface area (TPSA) is 67.9 Å². The molecule has 33 heavy (non-hydrogen) atoms. The Morgan fingerprint density at radius 1 is 1.03 bits per heavy atom. The van der Waals surface area contributed by atoms with E-state index in [4.69, 9.17) is 9.47 Å². The van der Waals surface area contributed by atoms with E-state index in [-0.39, 0.29) is 31.7 Å². The number of nitrogens with one attached hydrogen (secondary N) is 1. The summed E-state index contributed by atoms with van der Waals surface area (Å²) < 4.78 is 50.5. The third-order valence-corrected chi connectivity index (χ3v) is 6.47. The molecule has 3 aliphatic rings. The van der Waals surface area contributed by atoms with E-state index in [0.717, 1.165) is 25.0 Å². The Balaban J connectivity index is 1.40. The van der Waals surface area contributed by atoms with Crippen molar-refractivity contribution in [2.24, 2.45) is 11.8 Å². The van der Waals surface area contributed by atoms with Crippen LogP contribution in [0, 0.1) is 11.8 Å². The molecule has 1 N–H and O–H groups in total. The number of ether oxygens (including phenoxy) is 2. The van der Waals surface area contributed by atoms with Crippen LogP contribution in [-0.2, 0) is 11.0 Å². The number of hydrogen-bond donors (Lipinski definition) is 1. The summed E-state index contributed by atoms with van der Waals surface area (Å²) >= 11 is 0. The van der Waals surface area contributed by atoms with Crippen LogP contribution < -0.4 is 14.8 Å². The van der Waals surface area contributed by atoms with Crippen LogP contribution in [0.1, 0.15) is 40.2 Å². The number of rotatable bonds is 5. The number of hydrogen-bond acceptors (Lipinski definition) is 4. The third kappa shape index (κ3) is 4.49. The van der Waals surface area contributed by atoms with E-state index in [1.54, 1.807) is 24.3 Å². The van der Waals surface area contributed by atoms with Gasteiger partial charge in [-0.05, 0) is 48.6 Å². The first-order chi connectivity index (χ1) is 15.8. The summed E-state index contributed by atoms with van der Waals surface area (Å²) in [6, 6.07) is 9.89. The molecule has 1 aliphatic carbocycles. The number of fused-ring (bicyclic) bond motifs is 1. The van der Waals surface area contributed by atoms with Crippen molar-refractivity contribution in [3.05, 3.63) is 59.2 Å². The average Bonchev–Trinajstić information content (AvgIpc) is 3.32. The predicted molar refractivity (Wildman–Crippen MR) is 112 cm³/mol. The summed E-state index contributed by atoms with van der Waals surface area (Å²) in [5, 5.41) is 2.93. The maximum Gasteiger partial charge on any atom is 0.416 e. The zero-order valence-corrected chi connectivity index (χ0v) is 17.7. The molecule has 2 aromatic rings. The fourth-order valence-electron chi connectivity index (χ4n) is 4.43. The average molecular weight is 460 g/mol. The second-order valence-corrected chi connectivity index (χ2v) is 8.80. The van der Waals surface area contributed by atoms with Gasteiger partial charge in [-0.1, -0.05) is 18.2 Å². The molecule has 2 heterocycles. The van der Waals surface area contributed by atoms with Crippen molar-refractivity contribution >= 4 is 11.8 Å². The van der Waals surface area contributed by atoms with E-state index >= 15 is 0 Å². The molecular weight excluding hydrogens is 437 g/mol. The molecule has 2 aromatic carbocycles. The smallest absolute Gasteiger partial charge is 0.416 e. The summed E-state index contributed by atoms with van der Waals surface area (Å²) in [5.41, 5.74) is 0.0103. The Morgan fingerprint density at radius 2 is 1.82 bits per heavy atom. The molecule has 1 saturated heterocycles. The van der Waals surface area contributed by atoms with Crippen molar-refractivity contribution in [1.29, 1.82) is 0 Å². The molecule has 2 atom stereocenters. The van der Waals surface area contributed by atoms with Gasteiger partial charge < -0.3 is 19.7 Å². The van der Waals surface area contributed by atoms with Crippen molar-refractivity contribution in [1.82, 2.24) is 10.2 Å². The van der Waals surface area contributed by atoms with E-state index < -0.39 is 23.6 Å². The second kappa shape index (κ2) is 8.28. The summed E-state index contributed by atoms with van der Waals surface area (Å²) in [5.74, 6) is -0.225. The maximum absolute atomic E-state index is 13.3. The Labute approximate surface area is 188 Å². The molecule has 2 aliphatic heterocycles. The normalized spacial score (nSPS) is 21.8. The van der Waals surface area contributed by atoms with Gasteiger partial charge in [0.25, 0.3) is 5.91 Å². The first-order valence-corrected chi connectivity index (χ1v) is 10.9. The second-order valence-electron chi connectivity index (χ2n) is 8.80. The minimum Gasteiger partial charge on any atom is -0.454 e. The molecule has 9 heteroatoms. The lowest BCUT2D eigenvalue weighted by Gasteiger charge is -2.19. The van der Waals surface area contributed by atoms with Crippen LogP contribution >= 0.6 is 0 Å². The van der Waals surface area contributed by atoms with Crippen LogP contribution in [0.25, 0.3) is 0 Å². The summed E-state index contributed by atoms with van der Waals surface area (Å²) in [6.07, 6.45) is -2.35. The quantitative estimate of drug-likeness (QED) is 0.737.